The van der Waals surface area contributed by atoms with Gasteiger partial charge in [-0.1, -0.05) is 90.1 Å². The molecule has 0 unspecified atom stereocenters. The van der Waals surface area contributed by atoms with E-state index in [1.807, 2.05) is 60.7 Å². The molecule has 5 rings (SSSR count). The minimum Gasteiger partial charge on any atom is -0.325 e. The van der Waals surface area contributed by atoms with E-state index in [1.54, 1.807) is 42.5 Å². The largest absolute Gasteiger partial charge is 0.325 e. The Balaban J connectivity index is 1.45. The summed E-state index contributed by atoms with van der Waals surface area (Å²) in [7, 11) is 0. The lowest BCUT2D eigenvalue weighted by molar-refractivity contribution is -0.113. The lowest BCUT2D eigenvalue weighted by atomic mass is 10.0. The number of nitrogens with one attached hydrogen (secondary N) is 1. The monoisotopic (exact) mass is 497 g/mol. The Labute approximate surface area is 211 Å². The predicted octanol–water partition coefficient (Wildman–Crippen LogP) is 6.44. The molecule has 0 aliphatic rings. The van der Waals surface area contributed by atoms with Gasteiger partial charge in [0.05, 0.1) is 22.3 Å². The Bertz CT molecular complexity index is 1580. The average molecular weight is 498 g/mol. The molecule has 5 aromatic rings. The Morgan fingerprint density at radius 2 is 1.63 bits per heavy atom. The highest BCUT2D eigenvalue weighted by Gasteiger charge is 2.16. The number of fused-ring (bicyclic) bond motifs is 1. The summed E-state index contributed by atoms with van der Waals surface area (Å²) in [4.78, 5) is 31.0. The molecule has 0 aliphatic carbocycles. The summed E-state index contributed by atoms with van der Waals surface area (Å²) in [5.41, 5.74) is 3.64. The molecule has 0 bridgehead atoms. The van der Waals surface area contributed by atoms with E-state index < -0.39 is 0 Å². The van der Waals surface area contributed by atoms with Crippen LogP contribution in [0.4, 0.5) is 5.69 Å². The van der Waals surface area contributed by atoms with Gasteiger partial charge in [-0.3, -0.25) is 14.2 Å². The Morgan fingerprint density at radius 1 is 0.886 bits per heavy atom. The van der Waals surface area contributed by atoms with E-state index in [1.165, 1.54) is 16.3 Å². The van der Waals surface area contributed by atoms with Crippen LogP contribution in [0.2, 0.25) is 5.02 Å². The van der Waals surface area contributed by atoms with E-state index in [2.05, 4.69) is 10.3 Å². The number of hydrogen-bond acceptors (Lipinski definition) is 4. The van der Waals surface area contributed by atoms with Gasteiger partial charge in [-0.15, -0.1) is 0 Å². The van der Waals surface area contributed by atoms with Crippen molar-refractivity contribution in [3.05, 3.63) is 119 Å². The molecule has 172 valence electrons. The third-order valence-corrected chi connectivity index (χ3v) is 6.60. The van der Waals surface area contributed by atoms with Gasteiger partial charge in [-0.25, -0.2) is 4.98 Å². The maximum absolute atomic E-state index is 13.4. The van der Waals surface area contributed by atoms with Crippen molar-refractivity contribution in [2.75, 3.05) is 11.1 Å². The summed E-state index contributed by atoms with van der Waals surface area (Å²) in [5.74, 6) is -0.118. The minimum atomic E-state index is -0.213. The van der Waals surface area contributed by atoms with Crippen molar-refractivity contribution in [1.82, 2.24) is 9.55 Å². The lowest BCUT2D eigenvalue weighted by Crippen LogP contribution is -2.23. The number of amides is 1. The molecule has 0 atom stereocenters. The summed E-state index contributed by atoms with van der Waals surface area (Å²) >= 11 is 7.40. The molecule has 1 heterocycles. The maximum atomic E-state index is 13.4. The second-order valence-corrected chi connectivity index (χ2v) is 9.16. The van der Waals surface area contributed by atoms with Crippen LogP contribution in [0.15, 0.2) is 113 Å². The van der Waals surface area contributed by atoms with Crippen LogP contribution in [0.1, 0.15) is 0 Å². The molecule has 5 nitrogen and oxygen atoms in total. The normalized spacial score (nSPS) is 10.9. The molecule has 1 aromatic heterocycles. The molecule has 1 amide bonds. The predicted molar refractivity (Wildman–Crippen MR) is 144 cm³/mol. The highest BCUT2D eigenvalue weighted by atomic mass is 35.5. The molecule has 0 spiro atoms. The Kier molecular flexibility index (Phi) is 6.66. The molecular weight excluding hydrogens is 478 g/mol. The lowest BCUT2D eigenvalue weighted by Gasteiger charge is -2.14. The highest BCUT2D eigenvalue weighted by molar-refractivity contribution is 7.99. The molecule has 35 heavy (non-hydrogen) atoms. The number of anilines is 1. The Hall–Kier alpha value is -3.87. The third-order valence-electron chi connectivity index (χ3n) is 5.43. The number of halogens is 1. The van der Waals surface area contributed by atoms with Gasteiger partial charge < -0.3 is 5.32 Å². The number of nitrogens with zero attached hydrogens (tertiary/aromatic N) is 2. The van der Waals surface area contributed by atoms with E-state index in [0.717, 1.165) is 16.8 Å². The molecule has 4 aromatic carbocycles. The quantitative estimate of drug-likeness (QED) is 0.217. The standard InChI is InChI=1S/C28H20ClN3O2S/c29-20-11-8-12-21(17-20)32-27(34)23-14-5-7-16-25(23)31-28(32)35-18-26(33)30-24-15-6-4-13-22(24)19-9-2-1-3-10-19/h1-17H,18H2,(H,30,33). The van der Waals surface area contributed by atoms with Crippen molar-refractivity contribution in [1.29, 1.82) is 0 Å². The van der Waals surface area contributed by atoms with Gasteiger partial charge in [0.2, 0.25) is 5.91 Å². The summed E-state index contributed by atoms with van der Waals surface area (Å²) in [6.45, 7) is 0. The summed E-state index contributed by atoms with van der Waals surface area (Å²) in [6.07, 6.45) is 0. The molecule has 7 heteroatoms. The zero-order chi connectivity index (χ0) is 24.2. The second-order valence-electron chi connectivity index (χ2n) is 7.78. The zero-order valence-electron chi connectivity index (χ0n) is 18.5. The van der Waals surface area contributed by atoms with E-state index in [-0.39, 0.29) is 17.2 Å². The first-order valence-electron chi connectivity index (χ1n) is 10.9. The van der Waals surface area contributed by atoms with Gasteiger partial charge in [0.15, 0.2) is 5.16 Å². The number of para-hydroxylation sites is 2. The fraction of sp³-hybridized carbons (Fsp3) is 0.0357. The van der Waals surface area contributed by atoms with Gasteiger partial charge in [-0.05, 0) is 42.0 Å². The molecule has 0 saturated carbocycles. The molecule has 0 aliphatic heterocycles. The number of aromatic nitrogens is 2. The van der Waals surface area contributed by atoms with E-state index in [0.29, 0.717) is 26.8 Å². The molecule has 1 N–H and O–H groups in total. The van der Waals surface area contributed by atoms with Crippen LogP contribution in [0.3, 0.4) is 0 Å². The SMILES string of the molecule is O=C(CSc1nc2ccccc2c(=O)n1-c1cccc(Cl)c1)Nc1ccccc1-c1ccccc1. The summed E-state index contributed by atoms with van der Waals surface area (Å²) < 4.78 is 1.50. The number of hydrogen-bond donors (Lipinski definition) is 1. The van der Waals surface area contributed by atoms with Gasteiger partial charge in [-0.2, -0.15) is 0 Å². The van der Waals surface area contributed by atoms with Crippen LogP contribution in [0.25, 0.3) is 27.7 Å². The summed E-state index contributed by atoms with van der Waals surface area (Å²) in [6, 6.07) is 31.8. The van der Waals surface area contributed by atoms with Crippen LogP contribution >= 0.6 is 23.4 Å². The highest BCUT2D eigenvalue weighted by Crippen LogP contribution is 2.28. The number of rotatable bonds is 6. The number of carbonyl (C=O) groups excluding carboxylic acids is 1. The van der Waals surface area contributed by atoms with Gasteiger partial charge in [0.25, 0.3) is 5.56 Å². The fourth-order valence-corrected chi connectivity index (χ4v) is 4.83. The first-order valence-corrected chi connectivity index (χ1v) is 12.3. The van der Waals surface area contributed by atoms with Gasteiger partial charge >= 0.3 is 0 Å². The molecule has 0 radical (unpaired) electrons. The molecule has 0 saturated heterocycles. The second kappa shape index (κ2) is 10.2. The van der Waals surface area contributed by atoms with Crippen molar-refractivity contribution < 1.29 is 4.79 Å². The molecular formula is C28H20ClN3O2S. The summed E-state index contributed by atoms with van der Waals surface area (Å²) in [5, 5.41) is 4.43. The van der Waals surface area contributed by atoms with E-state index in [9.17, 15) is 9.59 Å². The average Bonchev–Trinajstić information content (AvgIpc) is 2.88. The van der Waals surface area contributed by atoms with E-state index >= 15 is 0 Å². The van der Waals surface area contributed by atoms with Gasteiger partial charge in [0, 0.05) is 16.3 Å². The van der Waals surface area contributed by atoms with Crippen molar-refractivity contribution >= 4 is 45.9 Å². The van der Waals surface area contributed by atoms with Gasteiger partial charge in [0.1, 0.15) is 0 Å². The van der Waals surface area contributed by atoms with Crippen molar-refractivity contribution in [3.63, 3.8) is 0 Å². The molecule has 0 fully saturated rings. The number of benzene rings is 4. The smallest absolute Gasteiger partial charge is 0.266 e. The van der Waals surface area contributed by atoms with Crippen LogP contribution in [0.5, 0.6) is 0 Å². The zero-order valence-corrected chi connectivity index (χ0v) is 20.1. The van der Waals surface area contributed by atoms with Crippen LogP contribution < -0.4 is 10.9 Å². The topological polar surface area (TPSA) is 64.0 Å². The maximum Gasteiger partial charge on any atom is 0.266 e. The van der Waals surface area contributed by atoms with Crippen molar-refractivity contribution in [3.8, 4) is 16.8 Å². The minimum absolute atomic E-state index is 0.0778. The number of carbonyl (C=O) groups is 1. The van der Waals surface area contributed by atoms with Crippen molar-refractivity contribution in [2.24, 2.45) is 0 Å². The Morgan fingerprint density at radius 3 is 2.46 bits per heavy atom. The van der Waals surface area contributed by atoms with E-state index in [4.69, 9.17) is 11.6 Å². The fourth-order valence-electron chi connectivity index (χ4n) is 3.83. The number of thioether (sulfide) groups is 1. The van der Waals surface area contributed by atoms with Crippen LogP contribution in [-0.4, -0.2) is 21.2 Å². The van der Waals surface area contributed by atoms with Crippen LogP contribution in [-0.2, 0) is 4.79 Å². The first-order chi connectivity index (χ1) is 17.1. The third kappa shape index (κ3) is 4.99. The van der Waals surface area contributed by atoms with Crippen molar-refractivity contribution in [2.45, 2.75) is 5.16 Å². The first kappa shape index (κ1) is 22.9. The van der Waals surface area contributed by atoms with Crippen LogP contribution in [0, 0.1) is 0 Å².